The van der Waals surface area contributed by atoms with Crippen molar-refractivity contribution in [3.63, 3.8) is 0 Å². The van der Waals surface area contributed by atoms with Crippen molar-refractivity contribution in [2.75, 3.05) is 26.4 Å². The predicted octanol–water partition coefficient (Wildman–Crippen LogP) is -10.9. The number of aliphatic hydroxyl groups is 13. The van der Waals surface area contributed by atoms with Gasteiger partial charge in [0.2, 0.25) is 17.7 Å². The van der Waals surface area contributed by atoms with Crippen LogP contribution in [0.4, 0.5) is 0 Å². The van der Waals surface area contributed by atoms with Gasteiger partial charge in [0, 0.05) is 33.6 Å². The Labute approximate surface area is 373 Å². The van der Waals surface area contributed by atoms with Crippen molar-refractivity contribution < 1.29 is 134 Å². The molecule has 4 aliphatic rings. The topological polar surface area (TPSA) is 490 Å². The summed E-state index contributed by atoms with van der Waals surface area (Å²) in [5, 5.41) is 165. The molecular weight excluding hydrogens is 906 g/mol. The number of ether oxygens (including phenoxy) is 7. The van der Waals surface area contributed by atoms with E-state index < -0.39 is 203 Å². The van der Waals surface area contributed by atoms with Gasteiger partial charge >= 0.3 is 11.9 Å². The summed E-state index contributed by atoms with van der Waals surface area (Å²) in [5.74, 6) is -12.3. The lowest BCUT2D eigenvalue weighted by Gasteiger charge is -2.49. The summed E-state index contributed by atoms with van der Waals surface area (Å²) in [6.45, 7) is -1.42. The van der Waals surface area contributed by atoms with Crippen LogP contribution in [0, 0.1) is 0 Å². The fourth-order valence-electron chi connectivity index (χ4n) is 7.93. The van der Waals surface area contributed by atoms with Gasteiger partial charge in [0.05, 0.1) is 50.7 Å². The summed E-state index contributed by atoms with van der Waals surface area (Å²) < 4.78 is 38.9. The van der Waals surface area contributed by atoms with Crippen LogP contribution in [0.3, 0.4) is 0 Å². The highest BCUT2D eigenvalue weighted by Crippen LogP contribution is 2.37. The molecule has 0 spiro atoms. The average Bonchev–Trinajstić information content (AvgIpc) is 3.24. The zero-order chi connectivity index (χ0) is 49.7. The molecule has 0 aromatic carbocycles. The van der Waals surface area contributed by atoms with Gasteiger partial charge in [-0.05, 0) is 0 Å². The van der Waals surface area contributed by atoms with E-state index in [1.54, 1.807) is 0 Å². The van der Waals surface area contributed by atoms with Crippen molar-refractivity contribution in [2.45, 2.75) is 167 Å². The lowest BCUT2D eigenvalue weighted by molar-refractivity contribution is -0.360. The van der Waals surface area contributed by atoms with Crippen molar-refractivity contribution in [3.05, 3.63) is 0 Å². The van der Waals surface area contributed by atoms with Gasteiger partial charge in [0.1, 0.15) is 85.4 Å². The summed E-state index contributed by atoms with van der Waals surface area (Å²) in [4.78, 5) is 61.4. The van der Waals surface area contributed by atoms with Crippen LogP contribution < -0.4 is 16.0 Å². The van der Waals surface area contributed by atoms with Gasteiger partial charge in [-0.3, -0.25) is 14.4 Å². The zero-order valence-electron chi connectivity index (χ0n) is 35.4. The van der Waals surface area contributed by atoms with E-state index in [1.807, 2.05) is 0 Å². The molecule has 0 aliphatic carbocycles. The highest BCUT2D eigenvalue weighted by Gasteiger charge is 2.59. The number of carboxylic acids is 2. The maximum atomic E-state index is 12.7. The van der Waals surface area contributed by atoms with Crippen molar-refractivity contribution in [1.29, 1.82) is 0 Å². The number of aliphatic carboxylic acids is 2. The van der Waals surface area contributed by atoms with Gasteiger partial charge in [-0.25, -0.2) is 9.59 Å². The molecule has 4 saturated heterocycles. The third kappa shape index (κ3) is 12.2. The minimum Gasteiger partial charge on any atom is -0.477 e. The Morgan fingerprint density at radius 2 is 0.985 bits per heavy atom. The van der Waals surface area contributed by atoms with E-state index >= 15 is 0 Å². The molecule has 3 amide bonds. The van der Waals surface area contributed by atoms with E-state index in [4.69, 9.17) is 33.2 Å². The highest BCUT2D eigenvalue weighted by molar-refractivity contribution is 5.77. The van der Waals surface area contributed by atoms with Crippen molar-refractivity contribution in [1.82, 2.24) is 16.0 Å². The van der Waals surface area contributed by atoms with E-state index in [-0.39, 0.29) is 0 Å². The van der Waals surface area contributed by atoms with Crippen LogP contribution in [0.25, 0.3) is 0 Å². The summed E-state index contributed by atoms with van der Waals surface area (Å²) in [7, 11) is 0. The number of nitrogens with one attached hydrogen (secondary N) is 3. The first-order valence-electron chi connectivity index (χ1n) is 20.3. The molecule has 4 fully saturated rings. The molecule has 4 heterocycles. The van der Waals surface area contributed by atoms with E-state index in [0.717, 1.165) is 20.8 Å². The minimum atomic E-state index is -2.98. The molecule has 18 N–H and O–H groups in total. The molecule has 0 radical (unpaired) electrons. The van der Waals surface area contributed by atoms with Gasteiger partial charge in [-0.15, -0.1) is 0 Å². The Kier molecular flexibility index (Phi) is 19.0. The first-order chi connectivity index (χ1) is 30.7. The minimum absolute atomic E-state index is 0.784. The monoisotopic (exact) mass is 965 g/mol. The van der Waals surface area contributed by atoms with Crippen molar-refractivity contribution in [2.24, 2.45) is 0 Å². The molecule has 66 heavy (non-hydrogen) atoms. The van der Waals surface area contributed by atoms with Crippen LogP contribution in [0.2, 0.25) is 0 Å². The number of amides is 3. The van der Waals surface area contributed by atoms with Crippen molar-refractivity contribution in [3.8, 4) is 0 Å². The molecule has 4 aliphatic heterocycles. The predicted molar refractivity (Wildman–Crippen MR) is 203 cm³/mol. The van der Waals surface area contributed by atoms with Crippen LogP contribution in [-0.2, 0) is 57.1 Å². The molecule has 0 aromatic rings. The first-order valence-corrected chi connectivity index (χ1v) is 20.3. The maximum Gasteiger partial charge on any atom is 0.364 e. The molecule has 380 valence electrons. The van der Waals surface area contributed by atoms with Gasteiger partial charge in [0.15, 0.2) is 12.6 Å². The second-order valence-corrected chi connectivity index (χ2v) is 16.3. The van der Waals surface area contributed by atoms with E-state index in [2.05, 4.69) is 16.0 Å². The Hall–Kier alpha value is -3.45. The van der Waals surface area contributed by atoms with Crippen LogP contribution in [0.5, 0.6) is 0 Å². The van der Waals surface area contributed by atoms with Gasteiger partial charge < -0.3 is 126 Å². The molecule has 0 bridgehead atoms. The lowest BCUT2D eigenvalue weighted by atomic mass is 9.88. The standard InChI is InChI=1S/C36H59N3O27/c1-10(42)37-19-13(45)4-35(33(56)57,65-29(19)22(49)15(47)6-40)60-8-17-24(51)26(53)27(54)32(63-17)64-28-21(39-12(3)44)31(55)62-18(25(28)52)9-61-36(34(58)59)5-14(46)20(38-11(2)43)30(66-36)23(50)16(48)7-41/h13-32,40-41,45-55H,4-9H2,1-3H3,(H,37,42)(H,38,43)(H,39,44)(H,56,57)(H,58,59)/t13-,14-,15+,16+,17+,18+,19+,20+,21+,22+,23+,24-,25-,26-,27+,28+,29+,30+,31?,32-,35?,36+/m0/s1. The summed E-state index contributed by atoms with van der Waals surface area (Å²) >= 11 is 0. The van der Waals surface area contributed by atoms with Crippen molar-refractivity contribution >= 4 is 29.7 Å². The summed E-state index contributed by atoms with van der Waals surface area (Å²) in [5.41, 5.74) is 0. The van der Waals surface area contributed by atoms with Gasteiger partial charge in [-0.2, -0.15) is 0 Å². The number of hydrogen-bond donors (Lipinski definition) is 18. The van der Waals surface area contributed by atoms with Gasteiger partial charge in [0.25, 0.3) is 11.6 Å². The fraction of sp³-hybridized carbons (Fsp3) is 0.861. The molecule has 30 nitrogen and oxygen atoms in total. The van der Waals surface area contributed by atoms with Gasteiger partial charge in [-0.1, -0.05) is 0 Å². The molecule has 2 unspecified atom stereocenters. The van der Waals surface area contributed by atoms with E-state index in [9.17, 15) is 101 Å². The van der Waals surface area contributed by atoms with Crippen LogP contribution in [-0.4, -0.2) is 267 Å². The SMILES string of the molecule is CC(=O)N[C@H]1[C@H]([C@H](O)[C@H](O)CO)OC(OC[C@H]2O[C@@H](O[C@H]3[C@@H](O)[C@@H](CO[C@]4(C(=O)O)C[C@H](O)[C@@H](NC(C)=O)[C@H]([C@H](O)[C@H](O)CO)O4)OC(O)[C@@H]3NC(C)=O)[C@H](O)[C@@H](O)[C@H]2O)(C(=O)O)C[C@@H]1O. The molecule has 0 saturated carbocycles. The largest absolute Gasteiger partial charge is 0.477 e. The average molecular weight is 966 g/mol. The smallest absolute Gasteiger partial charge is 0.364 e. The normalized spacial score (nSPS) is 41.4. The third-order valence-corrected chi connectivity index (χ3v) is 11.4. The number of carbonyl (C=O) groups is 5. The second-order valence-electron chi connectivity index (χ2n) is 16.3. The molecule has 30 heteroatoms. The Morgan fingerprint density at radius 1 is 0.591 bits per heavy atom. The number of rotatable bonds is 19. The molecule has 22 atom stereocenters. The molecule has 0 aromatic heterocycles. The fourth-order valence-corrected chi connectivity index (χ4v) is 7.93. The molecule has 4 rings (SSSR count). The number of hydrogen-bond acceptors (Lipinski definition) is 25. The Morgan fingerprint density at radius 3 is 1.36 bits per heavy atom. The zero-order valence-corrected chi connectivity index (χ0v) is 35.4. The third-order valence-electron chi connectivity index (χ3n) is 11.4. The summed E-state index contributed by atoms with van der Waals surface area (Å²) in [6.07, 6.45) is -37.0. The number of carboxylic acid groups (broad SMARTS) is 2. The Balaban J connectivity index is 1.59. The van der Waals surface area contributed by atoms with Crippen LogP contribution in [0.15, 0.2) is 0 Å². The maximum absolute atomic E-state index is 12.7. The first kappa shape index (κ1) is 55.1. The van der Waals surface area contributed by atoms with Crippen LogP contribution in [0.1, 0.15) is 33.6 Å². The quantitative estimate of drug-likeness (QED) is 0.0571. The van der Waals surface area contributed by atoms with E-state index in [0.29, 0.717) is 0 Å². The van der Waals surface area contributed by atoms with Crippen LogP contribution >= 0.6 is 0 Å². The molecular formula is C36H59N3O27. The second kappa shape index (κ2) is 22.8. The number of carbonyl (C=O) groups excluding carboxylic acids is 3. The Bertz CT molecular complexity index is 1680. The van der Waals surface area contributed by atoms with E-state index in [1.165, 1.54) is 0 Å². The lowest BCUT2D eigenvalue weighted by Crippen LogP contribution is -2.69. The highest BCUT2D eigenvalue weighted by atomic mass is 16.8. The summed E-state index contributed by atoms with van der Waals surface area (Å²) in [6, 6.07) is -4.95. The number of aliphatic hydroxyl groups excluding tert-OH is 13.